The summed E-state index contributed by atoms with van der Waals surface area (Å²) in [7, 11) is 0. The van der Waals surface area contributed by atoms with E-state index < -0.39 is 0 Å². The van der Waals surface area contributed by atoms with Gasteiger partial charge in [-0.1, -0.05) is 0 Å². The van der Waals surface area contributed by atoms with Crippen molar-refractivity contribution < 1.29 is 4.74 Å². The molecule has 3 nitrogen and oxygen atoms in total. The molecule has 0 amide bonds. The van der Waals surface area contributed by atoms with Crippen LogP contribution in [0.2, 0.25) is 0 Å². The van der Waals surface area contributed by atoms with Crippen LogP contribution in [0.25, 0.3) is 0 Å². The molecule has 1 spiro atoms. The number of likely N-dealkylation sites (tertiary alicyclic amines) is 1. The van der Waals surface area contributed by atoms with Gasteiger partial charge in [0.1, 0.15) is 0 Å². The molecule has 2 fully saturated rings. The van der Waals surface area contributed by atoms with E-state index in [0.717, 1.165) is 13.2 Å². The summed E-state index contributed by atoms with van der Waals surface area (Å²) in [6, 6.07) is 2.26. The Hall–Kier alpha value is -0.590. The molecule has 1 atom stereocenters. The summed E-state index contributed by atoms with van der Waals surface area (Å²) in [5.41, 5.74) is 0.492. The molecule has 1 unspecified atom stereocenters. The first-order chi connectivity index (χ1) is 8.05. The van der Waals surface area contributed by atoms with Crippen molar-refractivity contribution in [2.24, 2.45) is 5.41 Å². The molecule has 0 aromatic carbocycles. The van der Waals surface area contributed by atoms with Gasteiger partial charge in [0.25, 0.3) is 0 Å². The van der Waals surface area contributed by atoms with Gasteiger partial charge in [-0.25, -0.2) is 0 Å². The number of hydrogen-bond donors (Lipinski definition) is 0. The van der Waals surface area contributed by atoms with Crippen LogP contribution in [0.4, 0.5) is 0 Å². The molecule has 2 rings (SSSR count). The van der Waals surface area contributed by atoms with Crippen LogP contribution in [-0.4, -0.2) is 36.7 Å². The first-order valence-electron chi connectivity index (χ1n) is 6.79. The minimum absolute atomic E-state index is 0.0382. The number of piperidine rings is 1. The van der Waals surface area contributed by atoms with Crippen molar-refractivity contribution in [2.75, 3.05) is 26.2 Å². The smallest absolute Gasteiger partial charge is 0.0635 e. The van der Waals surface area contributed by atoms with Crippen LogP contribution in [0.15, 0.2) is 0 Å². The molecule has 0 aromatic heterocycles. The summed E-state index contributed by atoms with van der Waals surface area (Å²) in [5, 5.41) is 8.69. The third kappa shape index (κ3) is 3.20. The summed E-state index contributed by atoms with van der Waals surface area (Å²) in [6.45, 7) is 8.61. The van der Waals surface area contributed by atoms with Gasteiger partial charge in [-0.15, -0.1) is 0 Å². The zero-order chi connectivity index (χ0) is 12.4. The van der Waals surface area contributed by atoms with E-state index in [9.17, 15) is 0 Å². The first kappa shape index (κ1) is 12.9. The van der Waals surface area contributed by atoms with Gasteiger partial charge < -0.3 is 9.64 Å². The maximum Gasteiger partial charge on any atom is 0.0635 e. The minimum atomic E-state index is 0.0382. The lowest BCUT2D eigenvalue weighted by Crippen LogP contribution is -2.50. The summed E-state index contributed by atoms with van der Waals surface area (Å²) >= 11 is 0. The van der Waals surface area contributed by atoms with Crippen molar-refractivity contribution in [1.29, 1.82) is 5.26 Å². The fourth-order valence-electron chi connectivity index (χ4n) is 3.64. The standard InChI is InChI=1S/C14H24N2O/c1-13(2)11-14(6-10-17-13)5-3-8-16(12-14)9-4-7-15/h3-6,8-12H2,1-2H3. The number of hydrogen-bond acceptors (Lipinski definition) is 3. The van der Waals surface area contributed by atoms with E-state index in [1.165, 1.54) is 38.8 Å². The molecular weight excluding hydrogens is 212 g/mol. The molecule has 2 heterocycles. The van der Waals surface area contributed by atoms with E-state index in [0.29, 0.717) is 11.8 Å². The topological polar surface area (TPSA) is 36.3 Å². The molecule has 0 aliphatic carbocycles. The summed E-state index contributed by atoms with van der Waals surface area (Å²) in [6.07, 6.45) is 5.64. The Balaban J connectivity index is 1.97. The molecular formula is C14H24N2O. The van der Waals surface area contributed by atoms with Crippen molar-refractivity contribution in [3.8, 4) is 6.07 Å². The fraction of sp³-hybridized carbons (Fsp3) is 0.929. The zero-order valence-corrected chi connectivity index (χ0v) is 11.2. The Kier molecular flexibility index (Phi) is 3.75. The van der Waals surface area contributed by atoms with E-state index in [1.54, 1.807) is 0 Å². The van der Waals surface area contributed by atoms with Gasteiger partial charge in [-0.2, -0.15) is 5.26 Å². The van der Waals surface area contributed by atoms with E-state index in [4.69, 9.17) is 10.00 Å². The number of ether oxygens (including phenoxy) is 1. The molecule has 17 heavy (non-hydrogen) atoms. The highest BCUT2D eigenvalue weighted by atomic mass is 16.5. The maximum absolute atomic E-state index is 8.69. The Morgan fingerprint density at radius 1 is 1.35 bits per heavy atom. The fourth-order valence-corrected chi connectivity index (χ4v) is 3.64. The van der Waals surface area contributed by atoms with Gasteiger partial charge in [0.15, 0.2) is 0 Å². The molecule has 2 aliphatic heterocycles. The number of nitrogens with zero attached hydrogens (tertiary/aromatic N) is 2. The predicted molar refractivity (Wildman–Crippen MR) is 67.6 cm³/mol. The summed E-state index contributed by atoms with van der Waals surface area (Å²) < 4.78 is 5.84. The molecule has 3 heteroatoms. The van der Waals surface area contributed by atoms with Crippen LogP contribution in [0, 0.1) is 16.7 Å². The van der Waals surface area contributed by atoms with Gasteiger partial charge in [-0.3, -0.25) is 0 Å². The van der Waals surface area contributed by atoms with Gasteiger partial charge in [0, 0.05) is 26.1 Å². The molecule has 0 bridgehead atoms. The Morgan fingerprint density at radius 3 is 2.88 bits per heavy atom. The second-order valence-electron chi connectivity index (χ2n) is 6.32. The lowest BCUT2D eigenvalue weighted by atomic mass is 9.69. The number of rotatable bonds is 2. The van der Waals surface area contributed by atoms with Gasteiger partial charge in [0.05, 0.1) is 11.7 Å². The highest BCUT2D eigenvalue weighted by Gasteiger charge is 2.43. The van der Waals surface area contributed by atoms with Crippen molar-refractivity contribution in [3.05, 3.63) is 0 Å². The quantitative estimate of drug-likeness (QED) is 0.739. The molecule has 2 aliphatic rings. The third-order valence-corrected chi connectivity index (χ3v) is 4.21. The predicted octanol–water partition coefficient (Wildman–Crippen LogP) is 2.57. The Bertz CT molecular complexity index is 304. The van der Waals surface area contributed by atoms with Gasteiger partial charge in [-0.05, 0) is 51.5 Å². The average molecular weight is 236 g/mol. The van der Waals surface area contributed by atoms with E-state index >= 15 is 0 Å². The third-order valence-electron chi connectivity index (χ3n) is 4.21. The van der Waals surface area contributed by atoms with Crippen molar-refractivity contribution in [2.45, 2.75) is 51.6 Å². The molecule has 0 aromatic rings. The van der Waals surface area contributed by atoms with Crippen molar-refractivity contribution >= 4 is 0 Å². The lowest BCUT2D eigenvalue weighted by molar-refractivity contribution is -0.122. The largest absolute Gasteiger partial charge is 0.376 e. The van der Waals surface area contributed by atoms with Crippen LogP contribution in [0.5, 0.6) is 0 Å². The van der Waals surface area contributed by atoms with Gasteiger partial charge >= 0.3 is 0 Å². The van der Waals surface area contributed by atoms with Crippen LogP contribution in [0.1, 0.15) is 46.0 Å². The van der Waals surface area contributed by atoms with Gasteiger partial charge in [0.2, 0.25) is 0 Å². The Labute approximate surface area is 105 Å². The lowest BCUT2D eigenvalue weighted by Gasteiger charge is -2.50. The normalized spacial score (nSPS) is 33.5. The number of nitriles is 1. The second kappa shape index (κ2) is 4.96. The minimum Gasteiger partial charge on any atom is -0.376 e. The second-order valence-corrected chi connectivity index (χ2v) is 6.32. The van der Waals surface area contributed by atoms with E-state index in [-0.39, 0.29) is 5.60 Å². The highest BCUT2D eigenvalue weighted by molar-refractivity contribution is 4.95. The molecule has 96 valence electrons. The molecule has 0 saturated carbocycles. The van der Waals surface area contributed by atoms with Crippen LogP contribution >= 0.6 is 0 Å². The van der Waals surface area contributed by atoms with Crippen LogP contribution in [-0.2, 0) is 4.74 Å². The molecule has 0 N–H and O–H groups in total. The van der Waals surface area contributed by atoms with Crippen molar-refractivity contribution in [3.63, 3.8) is 0 Å². The van der Waals surface area contributed by atoms with E-state index in [2.05, 4.69) is 24.8 Å². The summed E-state index contributed by atoms with van der Waals surface area (Å²) in [4.78, 5) is 2.48. The molecule has 2 saturated heterocycles. The summed E-state index contributed by atoms with van der Waals surface area (Å²) in [5.74, 6) is 0. The van der Waals surface area contributed by atoms with Crippen molar-refractivity contribution in [1.82, 2.24) is 4.90 Å². The zero-order valence-electron chi connectivity index (χ0n) is 11.2. The highest BCUT2D eigenvalue weighted by Crippen LogP contribution is 2.44. The molecule has 0 radical (unpaired) electrons. The van der Waals surface area contributed by atoms with E-state index in [1.807, 2.05) is 0 Å². The first-order valence-corrected chi connectivity index (χ1v) is 6.79. The average Bonchev–Trinajstić information content (AvgIpc) is 2.25. The van der Waals surface area contributed by atoms with Crippen LogP contribution < -0.4 is 0 Å². The van der Waals surface area contributed by atoms with Crippen LogP contribution in [0.3, 0.4) is 0 Å². The Morgan fingerprint density at radius 2 is 2.18 bits per heavy atom. The monoisotopic (exact) mass is 236 g/mol. The maximum atomic E-state index is 8.69. The SMILES string of the molecule is CC1(C)CC2(CCCN(CCC#N)C2)CCO1.